The Balaban J connectivity index is 1.65. The van der Waals surface area contributed by atoms with E-state index in [0.717, 1.165) is 35.8 Å². The second kappa shape index (κ2) is 9.55. The summed E-state index contributed by atoms with van der Waals surface area (Å²) < 4.78 is 72.2. The van der Waals surface area contributed by atoms with Gasteiger partial charge in [-0.15, -0.1) is 0 Å². The van der Waals surface area contributed by atoms with Gasteiger partial charge in [-0.3, -0.25) is 9.59 Å². The average Bonchev–Trinajstić information content (AvgIpc) is 3.36. The largest absolute Gasteiger partial charge is 0.496 e. The lowest BCUT2D eigenvalue weighted by atomic mass is 9.83. The number of hydrogen-bond donors (Lipinski definition) is 2. The number of methoxy groups -OCH3 is 1. The zero-order chi connectivity index (χ0) is 26.4. The number of nitrogens with one attached hydrogen (secondary N) is 2. The third kappa shape index (κ3) is 4.68. The number of halogens is 5. The molecule has 10 heteroatoms. The number of fused-ring (bicyclic) bond motifs is 2. The number of carbonyl (C=O) groups excluding carboxylic acids is 2. The number of anilines is 1. The second-order valence-corrected chi connectivity index (χ2v) is 9.30. The lowest BCUT2D eigenvalue weighted by Gasteiger charge is -2.30. The summed E-state index contributed by atoms with van der Waals surface area (Å²) in [6.45, 7) is 3.82. The van der Waals surface area contributed by atoms with Gasteiger partial charge in [-0.05, 0) is 69.0 Å². The summed E-state index contributed by atoms with van der Waals surface area (Å²) in [5, 5.41) is 5.33. The van der Waals surface area contributed by atoms with Crippen molar-refractivity contribution in [3.8, 4) is 5.75 Å². The minimum absolute atomic E-state index is 0.0356. The van der Waals surface area contributed by atoms with Crippen molar-refractivity contribution in [3.63, 3.8) is 0 Å². The second-order valence-electron chi connectivity index (χ2n) is 9.30. The maximum absolute atomic E-state index is 13.9. The molecule has 2 aliphatic rings. The zero-order valence-corrected chi connectivity index (χ0v) is 19.8. The molecule has 0 aromatic heterocycles. The van der Waals surface area contributed by atoms with Crippen molar-refractivity contribution in [1.82, 2.24) is 5.32 Å². The van der Waals surface area contributed by atoms with Crippen LogP contribution in [-0.4, -0.2) is 25.0 Å². The van der Waals surface area contributed by atoms with Crippen molar-refractivity contribution in [2.45, 2.75) is 38.9 Å². The number of allylic oxidation sites excluding steroid dienone is 1. The predicted octanol–water partition coefficient (Wildman–Crippen LogP) is 5.72. The van der Waals surface area contributed by atoms with Crippen LogP contribution < -0.4 is 15.4 Å². The molecule has 0 radical (unpaired) electrons. The van der Waals surface area contributed by atoms with Gasteiger partial charge in [0.1, 0.15) is 17.4 Å². The van der Waals surface area contributed by atoms with Gasteiger partial charge in [-0.1, -0.05) is 11.1 Å². The first-order valence-electron chi connectivity index (χ1n) is 11.4. The minimum Gasteiger partial charge on any atom is -0.496 e. The number of ether oxygens (including phenoxy) is 1. The molecular weight excluding hydrogens is 483 g/mol. The third-order valence-corrected chi connectivity index (χ3v) is 6.96. The Bertz CT molecular complexity index is 1240. The molecule has 2 fully saturated rings. The molecule has 0 saturated heterocycles. The summed E-state index contributed by atoms with van der Waals surface area (Å²) in [7, 11) is 1.34. The highest BCUT2D eigenvalue weighted by atomic mass is 19.4. The molecule has 0 heterocycles. The number of amides is 2. The van der Waals surface area contributed by atoms with Crippen LogP contribution in [0, 0.1) is 29.4 Å². The van der Waals surface area contributed by atoms with E-state index in [1.165, 1.54) is 13.2 Å². The van der Waals surface area contributed by atoms with Crippen LogP contribution in [0.3, 0.4) is 0 Å². The van der Waals surface area contributed by atoms with Crippen molar-refractivity contribution < 1.29 is 36.3 Å². The van der Waals surface area contributed by atoms with Crippen LogP contribution >= 0.6 is 0 Å². The van der Waals surface area contributed by atoms with E-state index in [1.54, 1.807) is 0 Å². The number of hydrogen-bond acceptors (Lipinski definition) is 3. The van der Waals surface area contributed by atoms with Crippen molar-refractivity contribution in [3.05, 3.63) is 70.3 Å². The summed E-state index contributed by atoms with van der Waals surface area (Å²) >= 11 is 0. The fourth-order valence-corrected chi connectivity index (χ4v) is 5.60. The molecule has 2 bridgehead atoms. The van der Waals surface area contributed by atoms with E-state index >= 15 is 0 Å². The lowest BCUT2D eigenvalue weighted by Crippen LogP contribution is -2.48. The zero-order valence-electron chi connectivity index (χ0n) is 19.8. The Hall–Kier alpha value is -3.43. The van der Waals surface area contributed by atoms with Crippen LogP contribution in [0.25, 0.3) is 0 Å². The first kappa shape index (κ1) is 25.7. The Morgan fingerprint density at radius 3 is 2.33 bits per heavy atom. The summed E-state index contributed by atoms with van der Waals surface area (Å²) in [5.74, 6) is -4.29. The fourth-order valence-electron chi connectivity index (χ4n) is 5.60. The summed E-state index contributed by atoms with van der Waals surface area (Å²) in [6.07, 6.45) is -3.53. The van der Waals surface area contributed by atoms with Crippen LogP contribution in [-0.2, 0) is 11.0 Å². The summed E-state index contributed by atoms with van der Waals surface area (Å²) in [5.41, 5.74) is 0.309. The lowest BCUT2D eigenvalue weighted by molar-refractivity contribution is -0.140. The molecule has 192 valence electrons. The van der Waals surface area contributed by atoms with Gasteiger partial charge in [0.05, 0.1) is 24.2 Å². The van der Waals surface area contributed by atoms with Crippen LogP contribution in [0.15, 0.2) is 47.5 Å². The van der Waals surface area contributed by atoms with Crippen molar-refractivity contribution in [1.29, 1.82) is 0 Å². The Morgan fingerprint density at radius 1 is 1.00 bits per heavy atom. The molecule has 2 amide bonds. The topological polar surface area (TPSA) is 67.4 Å². The standard InChI is InChI=1S/C26H25F5N2O3/c1-12(2)21-15-6-7-16(21)23(33-24(34)17-10-13(27)4-9-20(17)36-3)22(15)25(35)32-14-5-8-19(28)18(11-14)26(29,30)31/h4-5,8-11,15-16,22-23H,6-7H2,1-3H3,(H,32,35)(H,33,34)/t15?,16?,22-,23+/m0/s1. The normalized spacial score (nSPS) is 22.9. The summed E-state index contributed by atoms with van der Waals surface area (Å²) in [6, 6.07) is 5.10. The monoisotopic (exact) mass is 508 g/mol. The quantitative estimate of drug-likeness (QED) is 0.401. The van der Waals surface area contributed by atoms with Gasteiger partial charge < -0.3 is 15.4 Å². The van der Waals surface area contributed by atoms with Crippen LogP contribution in [0.4, 0.5) is 27.6 Å². The molecule has 2 aliphatic carbocycles. The molecule has 2 unspecified atom stereocenters. The number of benzene rings is 2. The number of alkyl halides is 3. The first-order chi connectivity index (χ1) is 16.9. The van der Waals surface area contributed by atoms with E-state index < -0.39 is 47.1 Å². The van der Waals surface area contributed by atoms with Gasteiger partial charge in [0.2, 0.25) is 5.91 Å². The molecule has 0 aliphatic heterocycles. The van der Waals surface area contributed by atoms with Gasteiger partial charge in [-0.2, -0.15) is 13.2 Å². The van der Waals surface area contributed by atoms with Crippen molar-refractivity contribution in [2.24, 2.45) is 17.8 Å². The van der Waals surface area contributed by atoms with Crippen molar-refractivity contribution >= 4 is 17.5 Å². The third-order valence-electron chi connectivity index (χ3n) is 6.96. The fraction of sp³-hybridized carbons (Fsp3) is 0.385. The molecule has 4 atom stereocenters. The van der Waals surface area contributed by atoms with Gasteiger partial charge in [0.15, 0.2) is 0 Å². The van der Waals surface area contributed by atoms with Gasteiger partial charge in [-0.25, -0.2) is 8.78 Å². The number of carbonyl (C=O) groups is 2. The maximum Gasteiger partial charge on any atom is 0.419 e. The van der Waals surface area contributed by atoms with Gasteiger partial charge in [0, 0.05) is 17.6 Å². The Morgan fingerprint density at radius 2 is 1.69 bits per heavy atom. The molecule has 5 nitrogen and oxygen atoms in total. The minimum atomic E-state index is -4.92. The smallest absolute Gasteiger partial charge is 0.419 e. The highest BCUT2D eigenvalue weighted by molar-refractivity contribution is 5.99. The highest BCUT2D eigenvalue weighted by Crippen LogP contribution is 2.54. The molecule has 36 heavy (non-hydrogen) atoms. The van der Waals surface area contributed by atoms with Crippen molar-refractivity contribution in [2.75, 3.05) is 12.4 Å². The van der Waals surface area contributed by atoms with Crippen LogP contribution in [0.2, 0.25) is 0 Å². The number of rotatable bonds is 5. The molecule has 2 N–H and O–H groups in total. The maximum atomic E-state index is 13.9. The van der Waals surface area contributed by atoms with Crippen LogP contribution in [0.1, 0.15) is 42.6 Å². The van der Waals surface area contributed by atoms with E-state index in [0.29, 0.717) is 18.6 Å². The Labute approximate surface area is 204 Å². The van der Waals surface area contributed by atoms with Gasteiger partial charge in [0.25, 0.3) is 5.91 Å². The predicted molar refractivity (Wildman–Crippen MR) is 122 cm³/mol. The van der Waals surface area contributed by atoms with Gasteiger partial charge >= 0.3 is 6.18 Å². The highest BCUT2D eigenvalue weighted by Gasteiger charge is 2.55. The molecule has 4 rings (SSSR count). The SMILES string of the molecule is COc1ccc(F)cc1C(=O)N[C@@H]1C2CCC(C2=C(C)C)[C@@H]1C(=O)Nc1ccc(F)c(C(F)(F)F)c1. The van der Waals surface area contributed by atoms with E-state index in [2.05, 4.69) is 10.6 Å². The van der Waals surface area contributed by atoms with E-state index in [9.17, 15) is 31.5 Å². The molecule has 2 aromatic carbocycles. The molecule has 2 saturated carbocycles. The molecular formula is C26H25F5N2O3. The van der Waals surface area contributed by atoms with E-state index in [1.807, 2.05) is 13.8 Å². The summed E-state index contributed by atoms with van der Waals surface area (Å²) in [4.78, 5) is 26.5. The average molecular weight is 508 g/mol. The van der Waals surface area contributed by atoms with E-state index in [4.69, 9.17) is 4.74 Å². The molecule has 2 aromatic rings. The first-order valence-corrected chi connectivity index (χ1v) is 11.4. The Kier molecular flexibility index (Phi) is 6.81. The van der Waals surface area contributed by atoms with Crippen LogP contribution in [0.5, 0.6) is 5.75 Å². The van der Waals surface area contributed by atoms with E-state index in [-0.39, 0.29) is 28.8 Å². The molecule has 0 spiro atoms.